The minimum atomic E-state index is -0.500. The molecular formula is C37H64O3. The van der Waals surface area contributed by atoms with Gasteiger partial charge in [-0.15, -0.1) is 0 Å². The van der Waals surface area contributed by atoms with E-state index in [1.807, 2.05) is 0 Å². The van der Waals surface area contributed by atoms with E-state index in [9.17, 15) is 4.79 Å². The van der Waals surface area contributed by atoms with Crippen LogP contribution in [0.4, 0.5) is 4.79 Å². The van der Waals surface area contributed by atoms with Gasteiger partial charge in [-0.05, 0) is 64.2 Å². The molecule has 0 saturated heterocycles. The van der Waals surface area contributed by atoms with Crippen molar-refractivity contribution < 1.29 is 14.3 Å². The Kier molecular flexibility index (Phi) is 33.2. The molecule has 0 unspecified atom stereocenters. The van der Waals surface area contributed by atoms with E-state index in [1.54, 1.807) is 0 Å². The van der Waals surface area contributed by atoms with E-state index in [2.05, 4.69) is 74.6 Å². The number of unbranched alkanes of at least 4 members (excludes halogenated alkanes) is 17. The third kappa shape index (κ3) is 34.0. The van der Waals surface area contributed by atoms with Crippen LogP contribution in [0.15, 0.2) is 60.8 Å². The van der Waals surface area contributed by atoms with E-state index < -0.39 is 6.16 Å². The maximum atomic E-state index is 11.7. The summed E-state index contributed by atoms with van der Waals surface area (Å²) in [7, 11) is 0. The smallest absolute Gasteiger partial charge is 0.434 e. The molecule has 40 heavy (non-hydrogen) atoms. The molecular weight excluding hydrogens is 492 g/mol. The Hall–Kier alpha value is -2.03. The second-order valence-electron chi connectivity index (χ2n) is 10.8. The van der Waals surface area contributed by atoms with Crippen LogP contribution in [-0.4, -0.2) is 19.4 Å². The van der Waals surface area contributed by atoms with Gasteiger partial charge in [0.1, 0.15) is 0 Å². The molecule has 0 spiro atoms. The van der Waals surface area contributed by atoms with Gasteiger partial charge < -0.3 is 9.47 Å². The largest absolute Gasteiger partial charge is 0.508 e. The number of hydrogen-bond donors (Lipinski definition) is 0. The minimum absolute atomic E-state index is 0.477. The van der Waals surface area contributed by atoms with E-state index in [1.165, 1.54) is 103 Å². The summed E-state index contributed by atoms with van der Waals surface area (Å²) in [5.41, 5.74) is 0. The normalized spacial score (nSPS) is 12.2. The number of allylic oxidation sites excluding steroid dienone is 10. The molecule has 0 saturated carbocycles. The lowest BCUT2D eigenvalue weighted by molar-refractivity contribution is 0.0529. The molecule has 0 aliphatic carbocycles. The van der Waals surface area contributed by atoms with Crippen LogP contribution in [0.1, 0.15) is 155 Å². The zero-order valence-electron chi connectivity index (χ0n) is 26.5. The molecule has 3 nitrogen and oxygen atoms in total. The predicted octanol–water partition coefficient (Wildman–Crippen LogP) is 12.5. The van der Waals surface area contributed by atoms with Crippen LogP contribution in [-0.2, 0) is 9.47 Å². The first-order chi connectivity index (χ1) is 19.8. The van der Waals surface area contributed by atoms with Gasteiger partial charge in [0.05, 0.1) is 13.2 Å². The van der Waals surface area contributed by atoms with Crippen molar-refractivity contribution in [3.05, 3.63) is 60.8 Å². The van der Waals surface area contributed by atoms with Gasteiger partial charge in [-0.2, -0.15) is 0 Å². The third-order valence-corrected chi connectivity index (χ3v) is 6.88. The van der Waals surface area contributed by atoms with Crippen molar-refractivity contribution in [2.45, 2.75) is 155 Å². The summed E-state index contributed by atoms with van der Waals surface area (Å²) in [5, 5.41) is 0. The Balaban J connectivity index is 3.31. The first-order valence-corrected chi connectivity index (χ1v) is 16.9. The van der Waals surface area contributed by atoms with Gasteiger partial charge in [-0.3, -0.25) is 0 Å². The van der Waals surface area contributed by atoms with Crippen LogP contribution in [0.2, 0.25) is 0 Å². The highest BCUT2D eigenvalue weighted by Gasteiger charge is 2.03. The first-order valence-electron chi connectivity index (χ1n) is 16.9. The molecule has 0 rings (SSSR count). The SMILES string of the molecule is CCCCC=CC=CC=CCCCCCCCCOC(=O)OCCCCCCCC/C=C\C/C=C\CCCCC. The van der Waals surface area contributed by atoms with Gasteiger partial charge in [0.2, 0.25) is 0 Å². The number of rotatable bonds is 29. The van der Waals surface area contributed by atoms with Gasteiger partial charge in [0.15, 0.2) is 0 Å². The Morgan fingerprint density at radius 1 is 0.425 bits per heavy atom. The fourth-order valence-electron chi connectivity index (χ4n) is 4.31. The molecule has 0 amide bonds. The van der Waals surface area contributed by atoms with Crippen LogP contribution in [0.3, 0.4) is 0 Å². The molecule has 0 atom stereocenters. The van der Waals surface area contributed by atoms with Crippen LogP contribution >= 0.6 is 0 Å². The first kappa shape index (κ1) is 38.0. The summed E-state index contributed by atoms with van der Waals surface area (Å²) in [5.74, 6) is 0. The number of hydrogen-bond acceptors (Lipinski definition) is 3. The van der Waals surface area contributed by atoms with Gasteiger partial charge in [-0.1, -0.05) is 152 Å². The number of carbonyl (C=O) groups is 1. The molecule has 0 N–H and O–H groups in total. The average molecular weight is 557 g/mol. The summed E-state index contributed by atoms with van der Waals surface area (Å²) in [6.07, 6.45) is 48.1. The summed E-state index contributed by atoms with van der Waals surface area (Å²) < 4.78 is 10.4. The van der Waals surface area contributed by atoms with Gasteiger partial charge in [0, 0.05) is 0 Å². The van der Waals surface area contributed by atoms with Crippen LogP contribution < -0.4 is 0 Å². The monoisotopic (exact) mass is 556 g/mol. The van der Waals surface area contributed by atoms with Crippen molar-refractivity contribution >= 4 is 6.16 Å². The molecule has 0 aliphatic rings. The molecule has 0 fully saturated rings. The fourth-order valence-corrected chi connectivity index (χ4v) is 4.31. The summed E-state index contributed by atoms with van der Waals surface area (Å²) in [4.78, 5) is 11.7. The highest BCUT2D eigenvalue weighted by Crippen LogP contribution is 2.10. The third-order valence-electron chi connectivity index (χ3n) is 6.88. The lowest BCUT2D eigenvalue weighted by Crippen LogP contribution is -2.09. The maximum absolute atomic E-state index is 11.7. The van der Waals surface area contributed by atoms with Crippen molar-refractivity contribution in [3.63, 3.8) is 0 Å². The van der Waals surface area contributed by atoms with E-state index in [0.29, 0.717) is 13.2 Å². The standard InChI is InChI=1S/C37H64O3/c1-3-5-7-9-11-13-15-17-19-21-23-25-27-29-31-33-35-39-37(38)40-36-34-32-30-28-26-24-22-20-18-16-14-12-10-8-6-4-2/h9,11-15,17-20H,3-8,10,16,21-36H2,1-2H3/b11-9?,14-12-,15-13?,19-17?,20-18-. The van der Waals surface area contributed by atoms with Gasteiger partial charge in [0.25, 0.3) is 0 Å². The summed E-state index contributed by atoms with van der Waals surface area (Å²) in [6.45, 7) is 5.43. The van der Waals surface area contributed by atoms with Gasteiger partial charge >= 0.3 is 6.16 Å². The van der Waals surface area contributed by atoms with Crippen molar-refractivity contribution in [3.8, 4) is 0 Å². The van der Waals surface area contributed by atoms with Gasteiger partial charge in [-0.25, -0.2) is 4.79 Å². The quantitative estimate of drug-likeness (QED) is 0.0398. The van der Waals surface area contributed by atoms with Crippen LogP contribution in [0.25, 0.3) is 0 Å². The zero-order chi connectivity index (χ0) is 29.0. The second kappa shape index (κ2) is 35.0. The lowest BCUT2D eigenvalue weighted by atomic mass is 10.1. The van der Waals surface area contributed by atoms with E-state index in [0.717, 1.165) is 38.5 Å². The molecule has 0 radical (unpaired) electrons. The van der Waals surface area contributed by atoms with Crippen molar-refractivity contribution in [1.29, 1.82) is 0 Å². The molecule has 0 aromatic rings. The predicted molar refractivity (Wildman–Crippen MR) is 176 cm³/mol. The maximum Gasteiger partial charge on any atom is 0.508 e. The summed E-state index contributed by atoms with van der Waals surface area (Å²) >= 11 is 0. The molecule has 0 bridgehead atoms. The molecule has 0 aromatic carbocycles. The average Bonchev–Trinajstić information content (AvgIpc) is 2.96. The molecule has 0 aromatic heterocycles. The Labute approximate surface area is 249 Å². The number of carbonyl (C=O) groups excluding carboxylic acids is 1. The lowest BCUT2D eigenvalue weighted by Gasteiger charge is -2.06. The molecule has 0 heterocycles. The highest BCUT2D eigenvalue weighted by molar-refractivity contribution is 5.59. The van der Waals surface area contributed by atoms with E-state index >= 15 is 0 Å². The fraction of sp³-hybridized carbons (Fsp3) is 0.703. The Bertz CT molecular complexity index is 656. The van der Waals surface area contributed by atoms with Crippen molar-refractivity contribution in [2.75, 3.05) is 13.2 Å². The molecule has 230 valence electrons. The molecule has 0 aliphatic heterocycles. The minimum Gasteiger partial charge on any atom is -0.434 e. The molecule has 3 heteroatoms. The topological polar surface area (TPSA) is 35.5 Å². The highest BCUT2D eigenvalue weighted by atomic mass is 16.7. The van der Waals surface area contributed by atoms with E-state index in [-0.39, 0.29) is 0 Å². The van der Waals surface area contributed by atoms with Crippen molar-refractivity contribution in [2.24, 2.45) is 0 Å². The second-order valence-corrected chi connectivity index (χ2v) is 10.8. The van der Waals surface area contributed by atoms with Crippen molar-refractivity contribution in [1.82, 2.24) is 0 Å². The zero-order valence-corrected chi connectivity index (χ0v) is 26.5. The van der Waals surface area contributed by atoms with Crippen LogP contribution in [0, 0.1) is 0 Å². The Morgan fingerprint density at radius 3 is 1.32 bits per heavy atom. The summed E-state index contributed by atoms with van der Waals surface area (Å²) in [6, 6.07) is 0. The number of ether oxygens (including phenoxy) is 2. The van der Waals surface area contributed by atoms with Crippen LogP contribution in [0.5, 0.6) is 0 Å². The Morgan fingerprint density at radius 2 is 0.825 bits per heavy atom. The van der Waals surface area contributed by atoms with E-state index in [4.69, 9.17) is 9.47 Å².